The van der Waals surface area contributed by atoms with Crippen molar-refractivity contribution in [3.63, 3.8) is 0 Å². The number of nitrogens with one attached hydrogen (secondary N) is 1. The number of rotatable bonds is 8. The molecular weight excluding hydrogens is 508 g/mol. The van der Waals surface area contributed by atoms with Gasteiger partial charge in [-0.2, -0.15) is 0 Å². The summed E-state index contributed by atoms with van der Waals surface area (Å²) in [5.41, 5.74) is 20.6. The first-order chi connectivity index (χ1) is 19.8. The summed E-state index contributed by atoms with van der Waals surface area (Å²) in [6.07, 6.45) is 0. The van der Waals surface area contributed by atoms with Crippen LogP contribution in [-0.4, -0.2) is 27.1 Å². The number of carbonyl (C=O) groups excluding carboxylic acids is 1. The van der Waals surface area contributed by atoms with E-state index in [9.17, 15) is 4.79 Å². The van der Waals surface area contributed by atoms with E-state index in [1.807, 2.05) is 62.6 Å². The maximum absolute atomic E-state index is 12.5. The highest BCUT2D eigenvalue weighted by Crippen LogP contribution is 2.31. The Balaban J connectivity index is 1.21. The normalized spacial score (nSPS) is 10.6. The molecule has 0 saturated heterocycles. The molecule has 7 heteroatoms. The van der Waals surface area contributed by atoms with Crippen LogP contribution in [0.2, 0.25) is 0 Å². The van der Waals surface area contributed by atoms with Crippen molar-refractivity contribution in [3.05, 3.63) is 127 Å². The molecule has 0 bridgehead atoms. The molecule has 0 aromatic heterocycles. The summed E-state index contributed by atoms with van der Waals surface area (Å²) in [6.45, 7) is 0. The molecule has 0 atom stereocenters. The van der Waals surface area contributed by atoms with Crippen LogP contribution in [0.25, 0.3) is 0 Å². The van der Waals surface area contributed by atoms with Crippen LogP contribution < -0.4 is 31.5 Å². The fourth-order valence-electron chi connectivity index (χ4n) is 4.55. The van der Waals surface area contributed by atoms with Gasteiger partial charge >= 0.3 is 0 Å². The topological polar surface area (TPSA) is 90.9 Å². The lowest BCUT2D eigenvalue weighted by Crippen LogP contribution is -2.13. The summed E-state index contributed by atoms with van der Waals surface area (Å²) >= 11 is 0. The van der Waals surface area contributed by atoms with Gasteiger partial charge in [0.25, 0.3) is 5.91 Å². The second-order valence-corrected chi connectivity index (χ2v) is 9.92. The first-order valence-corrected chi connectivity index (χ1v) is 13.3. The maximum Gasteiger partial charge on any atom is 0.255 e. The monoisotopic (exact) mass is 542 g/mol. The largest absolute Gasteiger partial charge is 0.399 e. The van der Waals surface area contributed by atoms with Gasteiger partial charge in [-0.15, -0.1) is 0 Å². The molecule has 0 fully saturated rings. The third-order valence-electron chi connectivity index (χ3n) is 7.21. The molecule has 0 saturated carbocycles. The third-order valence-corrected chi connectivity index (χ3v) is 7.21. The fraction of sp³-hybridized carbons (Fsp3) is 0.0882. The Hall–Kier alpha value is -5.43. The van der Waals surface area contributed by atoms with Crippen molar-refractivity contribution >= 4 is 57.1 Å². The third kappa shape index (κ3) is 6.25. The number of nitrogens with two attached hydrogens (primary N) is 2. The zero-order valence-corrected chi connectivity index (χ0v) is 23.5. The lowest BCUT2D eigenvalue weighted by atomic mass is 10.2. The van der Waals surface area contributed by atoms with Gasteiger partial charge in [0.2, 0.25) is 0 Å². The Kier molecular flexibility index (Phi) is 7.78. The van der Waals surface area contributed by atoms with Crippen LogP contribution in [0.4, 0.5) is 51.2 Å². The maximum atomic E-state index is 12.5. The minimum absolute atomic E-state index is 0.172. The molecule has 41 heavy (non-hydrogen) atoms. The molecule has 1 amide bonds. The van der Waals surface area contributed by atoms with Gasteiger partial charge < -0.3 is 31.5 Å². The van der Waals surface area contributed by atoms with Crippen molar-refractivity contribution < 1.29 is 4.79 Å². The van der Waals surface area contributed by atoms with E-state index >= 15 is 0 Å². The van der Waals surface area contributed by atoms with E-state index in [-0.39, 0.29) is 5.91 Å². The molecule has 0 aliphatic carbocycles. The first kappa shape index (κ1) is 27.1. The summed E-state index contributed by atoms with van der Waals surface area (Å²) in [4.78, 5) is 18.9. The summed E-state index contributed by atoms with van der Waals surface area (Å²) in [6, 6.07) is 39.4. The van der Waals surface area contributed by atoms with Gasteiger partial charge in [0.1, 0.15) is 0 Å². The molecule has 5 aromatic rings. The van der Waals surface area contributed by atoms with Crippen LogP contribution in [0.15, 0.2) is 121 Å². The molecule has 5 rings (SSSR count). The molecule has 206 valence electrons. The Bertz CT molecular complexity index is 1600. The van der Waals surface area contributed by atoms with Crippen molar-refractivity contribution in [2.75, 3.05) is 52.6 Å². The van der Waals surface area contributed by atoms with E-state index in [1.165, 1.54) is 0 Å². The van der Waals surface area contributed by atoms with Crippen molar-refractivity contribution in [2.45, 2.75) is 0 Å². The smallest absolute Gasteiger partial charge is 0.255 e. The van der Waals surface area contributed by atoms with E-state index in [0.29, 0.717) is 11.3 Å². The molecular formula is C34H34N6O. The first-order valence-electron chi connectivity index (χ1n) is 13.3. The Morgan fingerprint density at radius 1 is 0.463 bits per heavy atom. The molecule has 5 N–H and O–H groups in total. The molecule has 0 spiro atoms. The molecule has 5 aromatic carbocycles. The van der Waals surface area contributed by atoms with Crippen molar-refractivity contribution in [1.82, 2.24) is 0 Å². The number of carbonyl (C=O) groups is 1. The SMILES string of the molecule is CN(c1ccc(N)cc1)c1ccc(N(C)c2ccc(N(C)c3ccc(NC(=O)c4ccc(N)cc4)cc3)cc2)cc1. The number of anilines is 9. The van der Waals surface area contributed by atoms with Crippen LogP contribution in [0.3, 0.4) is 0 Å². The number of hydrogen-bond acceptors (Lipinski definition) is 6. The predicted molar refractivity (Wildman–Crippen MR) is 173 cm³/mol. The van der Waals surface area contributed by atoms with Crippen molar-refractivity contribution in [3.8, 4) is 0 Å². The lowest BCUT2D eigenvalue weighted by Gasteiger charge is -2.24. The minimum Gasteiger partial charge on any atom is -0.399 e. The van der Waals surface area contributed by atoms with Gasteiger partial charge in [-0.3, -0.25) is 4.79 Å². The van der Waals surface area contributed by atoms with Gasteiger partial charge in [0.05, 0.1) is 0 Å². The molecule has 7 nitrogen and oxygen atoms in total. The predicted octanol–water partition coefficient (Wildman–Crippen LogP) is 7.41. The second kappa shape index (κ2) is 11.8. The number of amides is 1. The number of hydrogen-bond donors (Lipinski definition) is 3. The molecule has 0 aliphatic rings. The number of benzene rings is 5. The van der Waals surface area contributed by atoms with Gasteiger partial charge in [0, 0.05) is 77.9 Å². The van der Waals surface area contributed by atoms with E-state index in [4.69, 9.17) is 11.5 Å². The highest BCUT2D eigenvalue weighted by atomic mass is 16.1. The Labute approximate surface area is 241 Å². The standard InChI is InChI=1S/C34H34N6O/c1-38(28-12-8-26(36)9-13-28)30-16-20-32(21-17-30)40(3)33-22-18-31(19-23-33)39(2)29-14-10-27(11-15-29)37-34(41)24-4-6-25(35)7-5-24/h4-23H,35-36H2,1-3H3,(H,37,41). The quantitative estimate of drug-likeness (QED) is 0.177. The van der Waals surface area contributed by atoms with E-state index in [1.54, 1.807) is 24.3 Å². The molecule has 0 heterocycles. The number of nitrogens with zero attached hydrogens (tertiary/aromatic N) is 3. The van der Waals surface area contributed by atoms with Crippen molar-refractivity contribution in [1.29, 1.82) is 0 Å². The van der Waals surface area contributed by atoms with E-state index < -0.39 is 0 Å². The van der Waals surface area contributed by atoms with Crippen LogP contribution in [0.5, 0.6) is 0 Å². The van der Waals surface area contributed by atoms with Crippen LogP contribution >= 0.6 is 0 Å². The van der Waals surface area contributed by atoms with E-state index in [2.05, 4.69) is 75.6 Å². The minimum atomic E-state index is -0.172. The fourth-order valence-corrected chi connectivity index (χ4v) is 4.55. The summed E-state index contributed by atoms with van der Waals surface area (Å²) in [5, 5.41) is 2.93. The van der Waals surface area contributed by atoms with E-state index in [0.717, 1.165) is 45.5 Å². The Morgan fingerprint density at radius 3 is 1.07 bits per heavy atom. The zero-order valence-electron chi connectivity index (χ0n) is 23.5. The zero-order chi connectivity index (χ0) is 28.9. The summed E-state index contributed by atoms with van der Waals surface area (Å²) < 4.78 is 0. The average molecular weight is 543 g/mol. The second-order valence-electron chi connectivity index (χ2n) is 9.92. The highest BCUT2D eigenvalue weighted by molar-refractivity contribution is 6.04. The molecule has 0 radical (unpaired) electrons. The highest BCUT2D eigenvalue weighted by Gasteiger charge is 2.10. The van der Waals surface area contributed by atoms with Crippen LogP contribution in [0.1, 0.15) is 10.4 Å². The van der Waals surface area contributed by atoms with Gasteiger partial charge in [-0.05, 0) is 121 Å². The van der Waals surface area contributed by atoms with Gasteiger partial charge in [-0.1, -0.05) is 0 Å². The molecule has 0 unspecified atom stereocenters. The van der Waals surface area contributed by atoms with Crippen molar-refractivity contribution in [2.24, 2.45) is 0 Å². The van der Waals surface area contributed by atoms with Gasteiger partial charge in [0.15, 0.2) is 0 Å². The lowest BCUT2D eigenvalue weighted by molar-refractivity contribution is 0.102. The van der Waals surface area contributed by atoms with Crippen LogP contribution in [0, 0.1) is 0 Å². The van der Waals surface area contributed by atoms with Crippen LogP contribution in [-0.2, 0) is 0 Å². The average Bonchev–Trinajstić information content (AvgIpc) is 3.01. The Morgan fingerprint density at radius 2 is 0.732 bits per heavy atom. The summed E-state index contributed by atoms with van der Waals surface area (Å²) in [5.74, 6) is -0.172. The molecule has 0 aliphatic heterocycles. The van der Waals surface area contributed by atoms with Gasteiger partial charge in [-0.25, -0.2) is 0 Å². The summed E-state index contributed by atoms with van der Waals surface area (Å²) in [7, 11) is 6.14. The number of nitrogen functional groups attached to an aromatic ring is 2.